The summed E-state index contributed by atoms with van der Waals surface area (Å²) in [6.07, 6.45) is 2.99. The minimum absolute atomic E-state index is 0.528. The first-order valence-corrected chi connectivity index (χ1v) is 8.72. The molecule has 0 N–H and O–H groups in total. The standard InChI is InChI=1S/C15H19BrN2OS/c1-4-13-15(16)14(18(5-2)17-13)10-19-11-6-8-12(20-3)9-7-11/h6-9H,4-5,10H2,1-3H3. The fraction of sp³-hybridized carbons (Fsp3) is 0.400. The van der Waals surface area contributed by atoms with Crippen molar-refractivity contribution in [2.75, 3.05) is 6.26 Å². The van der Waals surface area contributed by atoms with E-state index in [1.165, 1.54) is 4.90 Å². The third kappa shape index (κ3) is 3.38. The molecule has 20 heavy (non-hydrogen) atoms. The van der Waals surface area contributed by atoms with Gasteiger partial charge in [0.2, 0.25) is 0 Å². The second-order valence-electron chi connectivity index (χ2n) is 4.34. The fourth-order valence-corrected chi connectivity index (χ4v) is 3.07. The maximum atomic E-state index is 5.87. The molecule has 1 heterocycles. The van der Waals surface area contributed by atoms with Gasteiger partial charge in [-0.15, -0.1) is 11.8 Å². The summed E-state index contributed by atoms with van der Waals surface area (Å²) in [5.74, 6) is 0.886. The lowest BCUT2D eigenvalue weighted by atomic mass is 10.3. The first-order valence-electron chi connectivity index (χ1n) is 6.70. The van der Waals surface area contributed by atoms with E-state index in [4.69, 9.17) is 4.74 Å². The van der Waals surface area contributed by atoms with Crippen molar-refractivity contribution in [1.82, 2.24) is 9.78 Å². The summed E-state index contributed by atoms with van der Waals surface area (Å²) in [5.41, 5.74) is 2.18. The number of rotatable bonds is 6. The Morgan fingerprint density at radius 1 is 1.25 bits per heavy atom. The van der Waals surface area contributed by atoms with Crippen LogP contribution in [0.25, 0.3) is 0 Å². The van der Waals surface area contributed by atoms with E-state index in [1.54, 1.807) is 11.8 Å². The fourth-order valence-electron chi connectivity index (χ4n) is 1.98. The van der Waals surface area contributed by atoms with Crippen LogP contribution in [-0.4, -0.2) is 16.0 Å². The molecule has 108 valence electrons. The van der Waals surface area contributed by atoms with Crippen LogP contribution in [0.5, 0.6) is 5.75 Å². The SMILES string of the molecule is CCc1nn(CC)c(COc2ccc(SC)cc2)c1Br. The highest BCUT2D eigenvalue weighted by Gasteiger charge is 2.14. The van der Waals surface area contributed by atoms with E-state index in [2.05, 4.69) is 53.3 Å². The van der Waals surface area contributed by atoms with E-state index in [1.807, 2.05) is 16.8 Å². The summed E-state index contributed by atoms with van der Waals surface area (Å²) >= 11 is 5.36. The molecule has 0 fully saturated rings. The lowest BCUT2D eigenvalue weighted by Gasteiger charge is -2.09. The molecule has 0 bridgehead atoms. The van der Waals surface area contributed by atoms with Crippen LogP contribution in [0.15, 0.2) is 33.6 Å². The normalized spacial score (nSPS) is 10.8. The zero-order valence-corrected chi connectivity index (χ0v) is 14.4. The van der Waals surface area contributed by atoms with E-state index < -0.39 is 0 Å². The van der Waals surface area contributed by atoms with Crippen molar-refractivity contribution in [3.05, 3.63) is 40.1 Å². The summed E-state index contributed by atoms with van der Waals surface area (Å²) in [4.78, 5) is 1.24. The van der Waals surface area contributed by atoms with Crippen molar-refractivity contribution in [3.63, 3.8) is 0 Å². The summed E-state index contributed by atoms with van der Waals surface area (Å²) in [6.45, 7) is 5.58. The molecule has 2 rings (SSSR count). The molecule has 0 unspecified atom stereocenters. The molecule has 0 spiro atoms. The number of hydrogen-bond donors (Lipinski definition) is 0. The van der Waals surface area contributed by atoms with Gasteiger partial charge in [0, 0.05) is 11.4 Å². The van der Waals surface area contributed by atoms with Gasteiger partial charge in [-0.2, -0.15) is 5.10 Å². The van der Waals surface area contributed by atoms with Crippen molar-refractivity contribution >= 4 is 27.7 Å². The second kappa shape index (κ2) is 7.18. The molecule has 5 heteroatoms. The van der Waals surface area contributed by atoms with Crippen LogP contribution in [-0.2, 0) is 19.6 Å². The number of hydrogen-bond acceptors (Lipinski definition) is 3. The van der Waals surface area contributed by atoms with Gasteiger partial charge < -0.3 is 4.74 Å². The molecule has 1 aromatic carbocycles. The topological polar surface area (TPSA) is 27.1 Å². The molecule has 1 aromatic heterocycles. The maximum absolute atomic E-state index is 5.87. The molecule has 2 aromatic rings. The van der Waals surface area contributed by atoms with Gasteiger partial charge in [0.05, 0.1) is 15.9 Å². The molecule has 0 atom stereocenters. The van der Waals surface area contributed by atoms with Crippen LogP contribution in [0.2, 0.25) is 0 Å². The van der Waals surface area contributed by atoms with E-state index in [0.717, 1.165) is 34.6 Å². The number of benzene rings is 1. The number of aryl methyl sites for hydroxylation is 2. The third-order valence-electron chi connectivity index (χ3n) is 3.13. The number of thioether (sulfide) groups is 1. The highest BCUT2D eigenvalue weighted by atomic mass is 79.9. The number of halogens is 1. The molecule has 0 saturated heterocycles. The third-order valence-corrected chi connectivity index (χ3v) is 4.79. The van der Waals surface area contributed by atoms with Gasteiger partial charge in [-0.25, -0.2) is 0 Å². The predicted octanol–water partition coefficient (Wildman–Crippen LogP) is 4.53. The van der Waals surface area contributed by atoms with Gasteiger partial charge >= 0.3 is 0 Å². The van der Waals surface area contributed by atoms with Crippen molar-refractivity contribution in [2.24, 2.45) is 0 Å². The first kappa shape index (κ1) is 15.4. The Kier molecular flexibility index (Phi) is 5.54. The van der Waals surface area contributed by atoms with Crippen LogP contribution < -0.4 is 4.74 Å². The van der Waals surface area contributed by atoms with Gasteiger partial charge in [0.15, 0.2) is 0 Å². The monoisotopic (exact) mass is 354 g/mol. The minimum atomic E-state index is 0.528. The Hall–Kier alpha value is -0.940. The molecule has 0 radical (unpaired) electrons. The molecular formula is C15H19BrN2OS. The van der Waals surface area contributed by atoms with Crippen LogP contribution in [0, 0.1) is 0 Å². The van der Waals surface area contributed by atoms with Gasteiger partial charge in [-0.3, -0.25) is 4.68 Å². The van der Waals surface area contributed by atoms with Crippen molar-refractivity contribution in [3.8, 4) is 5.75 Å². The molecule has 3 nitrogen and oxygen atoms in total. The van der Waals surface area contributed by atoms with Crippen LogP contribution >= 0.6 is 27.7 Å². The van der Waals surface area contributed by atoms with Crippen molar-refractivity contribution < 1.29 is 4.74 Å². The van der Waals surface area contributed by atoms with E-state index in [-0.39, 0.29) is 0 Å². The summed E-state index contributed by atoms with van der Waals surface area (Å²) < 4.78 is 8.94. The van der Waals surface area contributed by atoms with E-state index in [9.17, 15) is 0 Å². The molecule has 0 saturated carbocycles. The van der Waals surface area contributed by atoms with E-state index >= 15 is 0 Å². The van der Waals surface area contributed by atoms with Gasteiger partial charge in [0.1, 0.15) is 12.4 Å². The van der Waals surface area contributed by atoms with Crippen LogP contribution in [0.3, 0.4) is 0 Å². The van der Waals surface area contributed by atoms with Gasteiger partial charge in [-0.1, -0.05) is 6.92 Å². The summed E-state index contributed by atoms with van der Waals surface area (Å²) in [5, 5.41) is 4.57. The molecular weight excluding hydrogens is 336 g/mol. The minimum Gasteiger partial charge on any atom is -0.487 e. The highest BCUT2D eigenvalue weighted by molar-refractivity contribution is 9.10. The maximum Gasteiger partial charge on any atom is 0.131 e. The Labute approximate surface area is 132 Å². The Bertz CT molecular complexity index is 566. The average molecular weight is 355 g/mol. The lowest BCUT2D eigenvalue weighted by Crippen LogP contribution is -2.06. The number of aromatic nitrogens is 2. The Morgan fingerprint density at radius 2 is 1.95 bits per heavy atom. The average Bonchev–Trinajstić information content (AvgIpc) is 2.81. The first-order chi connectivity index (χ1) is 9.69. The van der Waals surface area contributed by atoms with E-state index in [0.29, 0.717) is 6.61 Å². The summed E-state index contributed by atoms with van der Waals surface area (Å²) in [7, 11) is 0. The lowest BCUT2D eigenvalue weighted by molar-refractivity contribution is 0.291. The molecule has 0 aliphatic carbocycles. The Morgan fingerprint density at radius 3 is 2.50 bits per heavy atom. The second-order valence-corrected chi connectivity index (χ2v) is 6.01. The Balaban J connectivity index is 2.11. The zero-order valence-electron chi connectivity index (χ0n) is 12.0. The van der Waals surface area contributed by atoms with Crippen LogP contribution in [0.1, 0.15) is 25.2 Å². The molecule has 0 aliphatic rings. The summed E-state index contributed by atoms with van der Waals surface area (Å²) in [6, 6.07) is 8.16. The molecule has 0 aliphatic heterocycles. The van der Waals surface area contributed by atoms with Crippen molar-refractivity contribution in [1.29, 1.82) is 0 Å². The van der Waals surface area contributed by atoms with Crippen LogP contribution in [0.4, 0.5) is 0 Å². The van der Waals surface area contributed by atoms with Gasteiger partial charge in [-0.05, 0) is 59.8 Å². The van der Waals surface area contributed by atoms with Gasteiger partial charge in [0.25, 0.3) is 0 Å². The number of nitrogens with zero attached hydrogens (tertiary/aromatic N) is 2. The zero-order chi connectivity index (χ0) is 14.5. The highest BCUT2D eigenvalue weighted by Crippen LogP contribution is 2.25. The molecule has 0 amide bonds. The largest absolute Gasteiger partial charge is 0.487 e. The quantitative estimate of drug-likeness (QED) is 0.713. The predicted molar refractivity (Wildman–Crippen MR) is 87.5 cm³/mol. The number of ether oxygens (including phenoxy) is 1. The smallest absolute Gasteiger partial charge is 0.131 e. The van der Waals surface area contributed by atoms with Crippen molar-refractivity contribution in [2.45, 2.75) is 38.3 Å².